The molecule has 0 aliphatic carbocycles. The van der Waals surface area contributed by atoms with Gasteiger partial charge >= 0.3 is 0 Å². The molecule has 1 aliphatic rings. The largest absolute Gasteiger partial charge is 0.411 e. The summed E-state index contributed by atoms with van der Waals surface area (Å²) in [6.45, 7) is 0.233. The van der Waals surface area contributed by atoms with Crippen molar-refractivity contribution >= 4 is 18.0 Å². The summed E-state index contributed by atoms with van der Waals surface area (Å²) < 4.78 is 0. The number of benzene rings is 1. The standard InChI is InChI=1S/C11H10N2O3/c14-10-8-4-1-2-5-9(8)11(15)13(10)7-3-6-12-16/h1-2,4-6,16H,3,7H2/b12-6+. The minimum absolute atomic E-state index is 0.233. The average Bonchev–Trinajstić information content (AvgIpc) is 2.55. The minimum Gasteiger partial charge on any atom is -0.411 e. The minimum atomic E-state index is -0.285. The van der Waals surface area contributed by atoms with Crippen LogP contribution < -0.4 is 0 Å². The number of imide groups is 1. The van der Waals surface area contributed by atoms with Crippen LogP contribution in [0.3, 0.4) is 0 Å². The summed E-state index contributed by atoms with van der Waals surface area (Å²) in [5.74, 6) is -0.570. The molecular formula is C11H10N2O3. The van der Waals surface area contributed by atoms with Crippen LogP contribution in [0.25, 0.3) is 0 Å². The lowest BCUT2D eigenvalue weighted by atomic mass is 10.1. The van der Waals surface area contributed by atoms with Gasteiger partial charge in [-0.15, -0.1) is 5.16 Å². The predicted molar refractivity (Wildman–Crippen MR) is 56.7 cm³/mol. The molecule has 1 aromatic carbocycles. The highest BCUT2D eigenvalue weighted by molar-refractivity contribution is 6.21. The van der Waals surface area contributed by atoms with E-state index >= 15 is 0 Å². The first kappa shape index (κ1) is 10.4. The molecule has 0 saturated carbocycles. The van der Waals surface area contributed by atoms with Gasteiger partial charge in [-0.3, -0.25) is 14.5 Å². The number of oxime groups is 1. The molecule has 0 saturated heterocycles. The van der Waals surface area contributed by atoms with Gasteiger partial charge in [0.1, 0.15) is 0 Å². The summed E-state index contributed by atoms with van der Waals surface area (Å²) in [4.78, 5) is 24.8. The molecule has 1 aliphatic heterocycles. The first-order valence-corrected chi connectivity index (χ1v) is 4.87. The molecule has 1 heterocycles. The Morgan fingerprint density at radius 3 is 2.25 bits per heavy atom. The van der Waals surface area contributed by atoms with Crippen molar-refractivity contribution < 1.29 is 14.8 Å². The third kappa shape index (κ3) is 1.56. The summed E-state index contributed by atoms with van der Waals surface area (Å²) in [6, 6.07) is 6.72. The van der Waals surface area contributed by atoms with Crippen LogP contribution in [-0.2, 0) is 0 Å². The molecule has 0 fully saturated rings. The molecule has 2 amide bonds. The van der Waals surface area contributed by atoms with Gasteiger partial charge in [0, 0.05) is 19.2 Å². The fraction of sp³-hybridized carbons (Fsp3) is 0.182. The van der Waals surface area contributed by atoms with E-state index in [0.29, 0.717) is 17.5 Å². The van der Waals surface area contributed by atoms with Crippen LogP contribution in [0.5, 0.6) is 0 Å². The Morgan fingerprint density at radius 1 is 1.19 bits per heavy atom. The molecule has 0 spiro atoms. The highest BCUT2D eigenvalue weighted by Crippen LogP contribution is 2.22. The fourth-order valence-corrected chi connectivity index (χ4v) is 1.69. The maximum atomic E-state index is 11.8. The zero-order valence-corrected chi connectivity index (χ0v) is 8.46. The van der Waals surface area contributed by atoms with E-state index in [1.54, 1.807) is 24.3 Å². The molecule has 0 aromatic heterocycles. The third-order valence-electron chi connectivity index (χ3n) is 2.44. The molecule has 2 rings (SSSR count). The van der Waals surface area contributed by atoms with Crippen molar-refractivity contribution in [3.05, 3.63) is 35.4 Å². The van der Waals surface area contributed by atoms with E-state index in [1.807, 2.05) is 0 Å². The van der Waals surface area contributed by atoms with Crippen LogP contribution in [0, 0.1) is 0 Å². The first-order chi connectivity index (χ1) is 7.75. The lowest BCUT2D eigenvalue weighted by molar-refractivity contribution is 0.0658. The van der Waals surface area contributed by atoms with Gasteiger partial charge in [-0.1, -0.05) is 12.1 Å². The molecule has 0 unspecified atom stereocenters. The third-order valence-corrected chi connectivity index (χ3v) is 2.44. The van der Waals surface area contributed by atoms with E-state index in [4.69, 9.17) is 5.21 Å². The molecule has 0 bridgehead atoms. The quantitative estimate of drug-likeness (QED) is 0.358. The summed E-state index contributed by atoms with van der Waals surface area (Å²) in [7, 11) is 0. The number of hydrogen-bond donors (Lipinski definition) is 1. The molecule has 16 heavy (non-hydrogen) atoms. The Hall–Kier alpha value is -2.17. The van der Waals surface area contributed by atoms with Crippen molar-refractivity contribution in [1.82, 2.24) is 4.90 Å². The molecule has 0 atom stereocenters. The van der Waals surface area contributed by atoms with Gasteiger partial charge in [-0.05, 0) is 12.1 Å². The normalized spacial score (nSPS) is 14.9. The summed E-state index contributed by atoms with van der Waals surface area (Å²) in [6.07, 6.45) is 1.60. The predicted octanol–water partition coefficient (Wildman–Crippen LogP) is 1.13. The number of fused-ring (bicyclic) bond motifs is 1. The van der Waals surface area contributed by atoms with Gasteiger partial charge in [0.25, 0.3) is 11.8 Å². The number of carbonyl (C=O) groups excluding carboxylic acids is 2. The van der Waals surface area contributed by atoms with Gasteiger partial charge in [-0.25, -0.2) is 0 Å². The number of rotatable bonds is 3. The van der Waals surface area contributed by atoms with E-state index in [1.165, 1.54) is 6.21 Å². The lowest BCUT2D eigenvalue weighted by Crippen LogP contribution is -2.30. The molecule has 5 heteroatoms. The van der Waals surface area contributed by atoms with Gasteiger partial charge in [-0.2, -0.15) is 0 Å². The van der Waals surface area contributed by atoms with Crippen LogP contribution in [0.2, 0.25) is 0 Å². The molecule has 1 N–H and O–H groups in total. The van der Waals surface area contributed by atoms with Crippen LogP contribution >= 0.6 is 0 Å². The summed E-state index contributed by atoms with van der Waals surface area (Å²) >= 11 is 0. The van der Waals surface area contributed by atoms with E-state index < -0.39 is 0 Å². The van der Waals surface area contributed by atoms with Crippen LogP contribution in [0.1, 0.15) is 27.1 Å². The first-order valence-electron chi connectivity index (χ1n) is 4.87. The van der Waals surface area contributed by atoms with E-state index in [2.05, 4.69) is 5.16 Å². The molecule has 1 aromatic rings. The summed E-state index contributed by atoms with van der Waals surface area (Å²) in [5, 5.41) is 11.0. The van der Waals surface area contributed by atoms with Gasteiger partial charge < -0.3 is 5.21 Å². The van der Waals surface area contributed by atoms with Crippen molar-refractivity contribution in [2.45, 2.75) is 6.42 Å². The topological polar surface area (TPSA) is 70.0 Å². The van der Waals surface area contributed by atoms with E-state index in [-0.39, 0.29) is 18.4 Å². The van der Waals surface area contributed by atoms with Crippen molar-refractivity contribution in [2.75, 3.05) is 6.54 Å². The number of amides is 2. The monoisotopic (exact) mass is 218 g/mol. The lowest BCUT2D eigenvalue weighted by Gasteiger charge is -2.11. The number of nitrogens with zero attached hydrogens (tertiary/aromatic N) is 2. The molecular weight excluding hydrogens is 208 g/mol. The maximum Gasteiger partial charge on any atom is 0.261 e. The Balaban J connectivity index is 2.21. The number of hydrogen-bond acceptors (Lipinski definition) is 4. The zero-order chi connectivity index (χ0) is 11.5. The highest BCUT2D eigenvalue weighted by atomic mass is 16.4. The second kappa shape index (κ2) is 4.14. The Kier molecular flexibility index (Phi) is 2.68. The van der Waals surface area contributed by atoms with Gasteiger partial charge in [0.15, 0.2) is 0 Å². The van der Waals surface area contributed by atoms with E-state index in [9.17, 15) is 9.59 Å². The Morgan fingerprint density at radius 2 is 1.75 bits per heavy atom. The van der Waals surface area contributed by atoms with Crippen molar-refractivity contribution in [2.24, 2.45) is 5.16 Å². The maximum absolute atomic E-state index is 11.8. The van der Waals surface area contributed by atoms with Crippen molar-refractivity contribution in [3.63, 3.8) is 0 Å². The smallest absolute Gasteiger partial charge is 0.261 e. The fourth-order valence-electron chi connectivity index (χ4n) is 1.69. The van der Waals surface area contributed by atoms with Gasteiger partial charge in [0.05, 0.1) is 11.1 Å². The van der Waals surface area contributed by atoms with Gasteiger partial charge in [0.2, 0.25) is 0 Å². The second-order valence-electron chi connectivity index (χ2n) is 3.39. The summed E-state index contributed by atoms with van der Waals surface area (Å²) in [5.41, 5.74) is 0.877. The highest BCUT2D eigenvalue weighted by Gasteiger charge is 2.34. The molecule has 82 valence electrons. The van der Waals surface area contributed by atoms with Crippen LogP contribution in [0.4, 0.5) is 0 Å². The van der Waals surface area contributed by atoms with Crippen molar-refractivity contribution in [1.29, 1.82) is 0 Å². The number of carbonyl (C=O) groups is 2. The zero-order valence-electron chi connectivity index (χ0n) is 8.46. The molecule has 0 radical (unpaired) electrons. The SMILES string of the molecule is O=C1c2ccccc2C(=O)N1CC/C=N/O. The molecule has 5 nitrogen and oxygen atoms in total. The van der Waals surface area contributed by atoms with Crippen LogP contribution in [-0.4, -0.2) is 34.7 Å². The van der Waals surface area contributed by atoms with Crippen LogP contribution in [0.15, 0.2) is 29.4 Å². The Bertz CT molecular complexity index is 433. The second-order valence-corrected chi connectivity index (χ2v) is 3.39. The Labute approximate surface area is 92.0 Å². The van der Waals surface area contributed by atoms with Crippen molar-refractivity contribution in [3.8, 4) is 0 Å². The average molecular weight is 218 g/mol. The van der Waals surface area contributed by atoms with E-state index in [0.717, 1.165) is 4.90 Å².